The third-order valence-electron chi connectivity index (χ3n) is 8.36. The van der Waals surface area contributed by atoms with Crippen LogP contribution in [-0.2, 0) is 32.6 Å². The highest BCUT2D eigenvalue weighted by Crippen LogP contribution is 2.27. The monoisotopic (exact) mass is 601 g/mol. The summed E-state index contributed by atoms with van der Waals surface area (Å²) in [7, 11) is -3.92. The average molecular weight is 602 g/mol. The highest BCUT2D eigenvalue weighted by molar-refractivity contribution is 7.89. The third kappa shape index (κ3) is 7.93. The standard InChI is InChI=1S/C35H43N3O4S/c1-2-42-24-12-23-37(43(40,41)34-21-20-30-15-9-10-16-31(30)25-34)28-35(39)38(32-17-7-4-8-18-32)27-33-19-11-22-36(33)26-29-13-5-3-6-14-29/h3,5-6,9-11,13-16,19-22,25,32H,2,4,7-8,12,17-18,23-24,26-28H2,1H3. The molecule has 1 amide bonds. The van der Waals surface area contributed by atoms with Gasteiger partial charge in [0, 0.05) is 44.2 Å². The lowest BCUT2D eigenvalue weighted by atomic mass is 9.94. The van der Waals surface area contributed by atoms with Gasteiger partial charge in [0.05, 0.1) is 18.0 Å². The van der Waals surface area contributed by atoms with Gasteiger partial charge in [-0.1, -0.05) is 79.9 Å². The molecule has 43 heavy (non-hydrogen) atoms. The molecule has 5 rings (SSSR count). The third-order valence-corrected chi connectivity index (χ3v) is 10.2. The topological polar surface area (TPSA) is 71.8 Å². The molecule has 0 aliphatic heterocycles. The van der Waals surface area contributed by atoms with Gasteiger partial charge >= 0.3 is 0 Å². The Hall–Kier alpha value is -3.46. The van der Waals surface area contributed by atoms with Crippen molar-refractivity contribution in [3.8, 4) is 0 Å². The Morgan fingerprint density at radius 2 is 1.65 bits per heavy atom. The molecule has 1 fully saturated rings. The molecule has 7 nitrogen and oxygen atoms in total. The lowest BCUT2D eigenvalue weighted by Crippen LogP contribution is -2.47. The SMILES string of the molecule is CCOCCCN(CC(=O)N(Cc1cccn1Cc1ccccc1)C1CCCCC1)S(=O)(=O)c1ccc2ccccc2c1. The molecule has 0 atom stereocenters. The Kier molecular flexibility index (Phi) is 10.7. The Bertz CT molecular complexity index is 1580. The molecular formula is C35H43N3O4S. The van der Waals surface area contributed by atoms with Crippen LogP contribution in [0.15, 0.2) is 96.0 Å². The minimum absolute atomic E-state index is 0.0926. The van der Waals surface area contributed by atoms with Crippen molar-refractivity contribution in [1.82, 2.24) is 13.8 Å². The molecule has 0 N–H and O–H groups in total. The molecule has 0 unspecified atom stereocenters. The van der Waals surface area contributed by atoms with Crippen LogP contribution in [0.1, 0.15) is 56.7 Å². The van der Waals surface area contributed by atoms with Crippen LogP contribution in [0.4, 0.5) is 0 Å². The van der Waals surface area contributed by atoms with Gasteiger partial charge in [-0.25, -0.2) is 8.42 Å². The number of sulfonamides is 1. The van der Waals surface area contributed by atoms with E-state index in [0.29, 0.717) is 26.2 Å². The number of ether oxygens (including phenoxy) is 1. The van der Waals surface area contributed by atoms with Crippen LogP contribution in [0.2, 0.25) is 0 Å². The Labute approximate surface area is 256 Å². The molecule has 1 aliphatic carbocycles. The molecular weight excluding hydrogens is 558 g/mol. The van der Waals surface area contributed by atoms with Crippen LogP contribution in [0.3, 0.4) is 0 Å². The second-order valence-corrected chi connectivity index (χ2v) is 13.3. The van der Waals surface area contributed by atoms with Crippen molar-refractivity contribution in [2.45, 2.75) is 69.5 Å². The fraction of sp³-hybridized carbons (Fsp3) is 0.400. The van der Waals surface area contributed by atoms with Crippen molar-refractivity contribution in [3.63, 3.8) is 0 Å². The van der Waals surface area contributed by atoms with E-state index in [4.69, 9.17) is 4.74 Å². The number of benzene rings is 3. The normalized spacial score (nSPS) is 14.4. The zero-order valence-corrected chi connectivity index (χ0v) is 25.9. The number of hydrogen-bond donors (Lipinski definition) is 0. The Morgan fingerprint density at radius 3 is 2.42 bits per heavy atom. The summed E-state index contributed by atoms with van der Waals surface area (Å²) in [5, 5.41) is 1.83. The van der Waals surface area contributed by atoms with Gasteiger partial charge in [0.15, 0.2) is 0 Å². The van der Waals surface area contributed by atoms with Crippen molar-refractivity contribution < 1.29 is 17.9 Å². The van der Waals surface area contributed by atoms with E-state index in [0.717, 1.165) is 48.7 Å². The van der Waals surface area contributed by atoms with Gasteiger partial charge < -0.3 is 14.2 Å². The van der Waals surface area contributed by atoms with E-state index in [1.807, 2.05) is 66.4 Å². The summed E-state index contributed by atoms with van der Waals surface area (Å²) in [4.78, 5) is 16.4. The number of amides is 1. The van der Waals surface area contributed by atoms with E-state index >= 15 is 0 Å². The van der Waals surface area contributed by atoms with E-state index < -0.39 is 10.0 Å². The van der Waals surface area contributed by atoms with Crippen molar-refractivity contribution in [2.24, 2.45) is 0 Å². The number of rotatable bonds is 14. The molecule has 0 saturated heterocycles. The predicted molar refractivity (Wildman–Crippen MR) is 171 cm³/mol. The van der Waals surface area contributed by atoms with Crippen LogP contribution >= 0.6 is 0 Å². The molecule has 1 aromatic heterocycles. The van der Waals surface area contributed by atoms with Gasteiger partial charge in [-0.05, 0) is 66.8 Å². The molecule has 0 bridgehead atoms. The molecule has 1 aliphatic rings. The summed E-state index contributed by atoms with van der Waals surface area (Å²) >= 11 is 0. The lowest BCUT2D eigenvalue weighted by molar-refractivity contribution is -0.135. The predicted octanol–water partition coefficient (Wildman–Crippen LogP) is 6.47. The van der Waals surface area contributed by atoms with E-state index in [2.05, 4.69) is 29.0 Å². The van der Waals surface area contributed by atoms with Gasteiger partial charge in [-0.3, -0.25) is 4.79 Å². The van der Waals surface area contributed by atoms with E-state index in [1.54, 1.807) is 12.1 Å². The maximum Gasteiger partial charge on any atom is 0.243 e. The highest BCUT2D eigenvalue weighted by atomic mass is 32.2. The van der Waals surface area contributed by atoms with Gasteiger partial charge in [0.2, 0.25) is 15.9 Å². The minimum Gasteiger partial charge on any atom is -0.382 e. The van der Waals surface area contributed by atoms with E-state index in [1.165, 1.54) is 16.3 Å². The van der Waals surface area contributed by atoms with E-state index in [9.17, 15) is 13.2 Å². The van der Waals surface area contributed by atoms with Gasteiger partial charge in [0.25, 0.3) is 0 Å². The van der Waals surface area contributed by atoms with E-state index in [-0.39, 0.29) is 29.9 Å². The number of hydrogen-bond acceptors (Lipinski definition) is 4. The maximum atomic E-state index is 14.2. The number of nitrogens with zero attached hydrogens (tertiary/aromatic N) is 3. The Morgan fingerprint density at radius 1 is 0.907 bits per heavy atom. The molecule has 0 spiro atoms. The van der Waals surface area contributed by atoms with Crippen LogP contribution in [0.5, 0.6) is 0 Å². The van der Waals surface area contributed by atoms with Crippen LogP contribution < -0.4 is 0 Å². The van der Waals surface area contributed by atoms with Crippen LogP contribution in [0, 0.1) is 0 Å². The maximum absolute atomic E-state index is 14.2. The van der Waals surface area contributed by atoms with Crippen molar-refractivity contribution in [1.29, 1.82) is 0 Å². The summed E-state index contributed by atoms with van der Waals surface area (Å²) in [6, 6.07) is 27.4. The second kappa shape index (κ2) is 14.8. The molecule has 0 radical (unpaired) electrons. The molecule has 228 valence electrons. The summed E-state index contributed by atoms with van der Waals surface area (Å²) in [5.41, 5.74) is 2.24. The largest absolute Gasteiger partial charge is 0.382 e. The number of carbonyl (C=O) groups excluding carboxylic acids is 1. The quantitative estimate of drug-likeness (QED) is 0.155. The fourth-order valence-electron chi connectivity index (χ4n) is 6.01. The summed E-state index contributed by atoms with van der Waals surface area (Å²) in [6.45, 7) is 4.11. The highest BCUT2D eigenvalue weighted by Gasteiger charge is 2.32. The van der Waals surface area contributed by atoms with Gasteiger partial charge in [-0.15, -0.1) is 0 Å². The molecule has 4 aromatic rings. The molecule has 8 heteroatoms. The van der Waals surface area contributed by atoms with Crippen LogP contribution in [0.25, 0.3) is 10.8 Å². The first kappa shape index (κ1) is 31.0. The summed E-state index contributed by atoms with van der Waals surface area (Å²) in [6.07, 6.45) is 7.76. The molecule has 3 aromatic carbocycles. The molecule has 1 saturated carbocycles. The zero-order chi connectivity index (χ0) is 30.1. The second-order valence-electron chi connectivity index (χ2n) is 11.3. The minimum atomic E-state index is -3.92. The number of aromatic nitrogens is 1. The summed E-state index contributed by atoms with van der Waals surface area (Å²) in [5.74, 6) is -0.153. The van der Waals surface area contributed by atoms with Gasteiger partial charge in [0.1, 0.15) is 0 Å². The first-order chi connectivity index (χ1) is 21.0. The lowest BCUT2D eigenvalue weighted by Gasteiger charge is -2.36. The van der Waals surface area contributed by atoms with Gasteiger partial charge in [-0.2, -0.15) is 4.31 Å². The Balaban J connectivity index is 1.41. The fourth-order valence-corrected chi connectivity index (χ4v) is 7.47. The van der Waals surface area contributed by atoms with Crippen molar-refractivity contribution in [3.05, 3.63) is 102 Å². The van der Waals surface area contributed by atoms with Crippen LogP contribution in [-0.4, -0.2) is 60.4 Å². The first-order valence-electron chi connectivity index (χ1n) is 15.5. The molecule has 1 heterocycles. The number of fused-ring (bicyclic) bond motifs is 1. The van der Waals surface area contributed by atoms with Crippen molar-refractivity contribution >= 4 is 26.7 Å². The first-order valence-corrected chi connectivity index (χ1v) is 16.9. The average Bonchev–Trinajstić information content (AvgIpc) is 3.48. The number of carbonyl (C=O) groups is 1. The van der Waals surface area contributed by atoms with Crippen molar-refractivity contribution in [2.75, 3.05) is 26.3 Å². The summed E-state index contributed by atoms with van der Waals surface area (Å²) < 4.78 is 37.2. The zero-order valence-electron chi connectivity index (χ0n) is 25.1. The smallest absolute Gasteiger partial charge is 0.243 e.